The number of aromatic nitrogens is 3. The van der Waals surface area contributed by atoms with Crippen molar-refractivity contribution in [2.24, 2.45) is 10.9 Å². The number of β-lactam (4-membered cyclic amide) rings is 1. The number of hydrogen-bond donors (Lipinski definition) is 5. The van der Waals surface area contributed by atoms with Crippen LogP contribution in [0.2, 0.25) is 0 Å². The quantitative estimate of drug-likeness (QED) is 0.0888. The van der Waals surface area contributed by atoms with Crippen molar-refractivity contribution in [2.75, 3.05) is 30.3 Å². The number of anilines is 1. The van der Waals surface area contributed by atoms with E-state index in [9.17, 15) is 24.7 Å². The lowest BCUT2D eigenvalue weighted by Crippen LogP contribution is -2.74. The summed E-state index contributed by atoms with van der Waals surface area (Å²) < 4.78 is -0.134. The number of pyridine rings is 1. The SMILES string of the molecule is NCCSc1nnc(SC2(C(=O)O)CS[C@@H]3[C@H](NC(=O)C(=NO)c4cccc(N)n4)C(=O)N3C2)s1. The van der Waals surface area contributed by atoms with E-state index in [4.69, 9.17) is 11.5 Å². The van der Waals surface area contributed by atoms with E-state index in [-0.39, 0.29) is 29.5 Å². The highest BCUT2D eigenvalue weighted by molar-refractivity contribution is 8.06. The first-order valence-corrected chi connectivity index (χ1v) is 13.7. The second kappa shape index (κ2) is 10.6. The largest absolute Gasteiger partial charge is 0.480 e. The first-order chi connectivity index (χ1) is 16.8. The first kappa shape index (κ1) is 25.5. The molecule has 7 N–H and O–H groups in total. The molecular weight excluding hydrogens is 537 g/mol. The van der Waals surface area contributed by atoms with Crippen molar-refractivity contribution in [3.8, 4) is 0 Å². The smallest absolute Gasteiger partial charge is 0.322 e. The molecule has 4 heterocycles. The van der Waals surface area contributed by atoms with Crippen LogP contribution >= 0.6 is 46.6 Å². The summed E-state index contributed by atoms with van der Waals surface area (Å²) in [6.07, 6.45) is 0. The fourth-order valence-electron chi connectivity index (χ4n) is 3.40. The molecule has 13 nitrogen and oxygen atoms in total. The monoisotopic (exact) mass is 556 g/mol. The van der Waals surface area contributed by atoms with Gasteiger partial charge >= 0.3 is 5.97 Å². The topological polar surface area (TPSA) is 210 Å². The van der Waals surface area contributed by atoms with Crippen molar-refractivity contribution in [3.63, 3.8) is 0 Å². The van der Waals surface area contributed by atoms with Gasteiger partial charge in [-0.2, -0.15) is 0 Å². The van der Waals surface area contributed by atoms with Gasteiger partial charge in [0.05, 0.1) is 0 Å². The molecule has 0 radical (unpaired) electrons. The number of carboxylic acid groups (broad SMARTS) is 1. The number of nitrogens with two attached hydrogens (primary N) is 2. The van der Waals surface area contributed by atoms with Crippen LogP contribution in [-0.2, 0) is 14.4 Å². The number of carboxylic acids is 1. The van der Waals surface area contributed by atoms with Gasteiger partial charge in [-0.15, -0.1) is 22.0 Å². The number of hydrogen-bond acceptors (Lipinski definition) is 14. The molecule has 2 amide bonds. The number of fused-ring (bicyclic) bond motifs is 1. The van der Waals surface area contributed by atoms with Crippen LogP contribution in [0.1, 0.15) is 5.69 Å². The highest BCUT2D eigenvalue weighted by atomic mass is 32.2. The van der Waals surface area contributed by atoms with Crippen LogP contribution in [0.15, 0.2) is 32.0 Å². The first-order valence-electron chi connectivity index (χ1n) is 10.0. The van der Waals surface area contributed by atoms with Crippen LogP contribution in [0.4, 0.5) is 5.82 Å². The summed E-state index contributed by atoms with van der Waals surface area (Å²) >= 11 is 5.03. The normalized spacial score (nSPS) is 24.0. The second-order valence-corrected chi connectivity index (χ2v) is 12.4. The molecule has 2 aliphatic heterocycles. The Labute approximate surface area is 215 Å². The van der Waals surface area contributed by atoms with Gasteiger partial charge in [-0.25, -0.2) is 4.98 Å². The van der Waals surface area contributed by atoms with Crippen LogP contribution in [0.5, 0.6) is 0 Å². The van der Waals surface area contributed by atoms with E-state index in [1.165, 1.54) is 51.9 Å². The molecule has 0 bridgehead atoms. The Balaban J connectivity index is 1.43. The highest BCUT2D eigenvalue weighted by Crippen LogP contribution is 2.47. The number of nitrogens with zero attached hydrogens (tertiary/aromatic N) is 5. The van der Waals surface area contributed by atoms with Crippen LogP contribution < -0.4 is 16.8 Å². The summed E-state index contributed by atoms with van der Waals surface area (Å²) in [6, 6.07) is 3.60. The van der Waals surface area contributed by atoms with Gasteiger partial charge in [-0.05, 0) is 12.1 Å². The Bertz CT molecular complexity index is 1180. The van der Waals surface area contributed by atoms with Crippen LogP contribution in [0.3, 0.4) is 0 Å². The van der Waals surface area contributed by atoms with Gasteiger partial charge in [0.25, 0.3) is 5.91 Å². The summed E-state index contributed by atoms with van der Waals surface area (Å²) in [5, 5.41) is 32.6. The average Bonchev–Trinajstić information content (AvgIpc) is 3.28. The predicted octanol–water partition coefficient (Wildman–Crippen LogP) is -0.240. The third kappa shape index (κ3) is 5.18. The van der Waals surface area contributed by atoms with Crippen LogP contribution in [0, 0.1) is 0 Å². The van der Waals surface area contributed by atoms with Gasteiger partial charge < -0.3 is 32.0 Å². The summed E-state index contributed by atoms with van der Waals surface area (Å²) in [5.74, 6) is -1.32. The van der Waals surface area contributed by atoms with Gasteiger partial charge in [0.2, 0.25) is 5.91 Å². The Kier molecular flexibility index (Phi) is 7.70. The Morgan fingerprint density at radius 3 is 2.80 bits per heavy atom. The number of oxime groups is 1. The Morgan fingerprint density at radius 1 is 1.34 bits per heavy atom. The van der Waals surface area contributed by atoms with E-state index in [0.717, 1.165) is 11.8 Å². The van der Waals surface area contributed by atoms with Crippen LogP contribution in [-0.4, -0.2) is 94.6 Å². The molecular formula is C18H20N8O5S4. The maximum Gasteiger partial charge on any atom is 0.322 e. The van der Waals surface area contributed by atoms with Crippen molar-refractivity contribution < 1.29 is 24.7 Å². The standard InChI is InChI=1S/C18H20N8O5S4/c19-4-5-32-16-23-24-17(34-16)35-18(15(29)30)6-26-13(28)11(14(26)33-7-18)22-12(27)10(25-31)8-2-1-3-9(20)21-8/h1-3,11,14,31H,4-7,19H2,(H2,20,21)(H,22,27)(H,29,30)/t11-,14-,18?/m1/s1. The van der Waals surface area contributed by atoms with Gasteiger partial charge in [0.15, 0.2) is 14.4 Å². The van der Waals surface area contributed by atoms with Crippen molar-refractivity contribution in [3.05, 3.63) is 23.9 Å². The number of thioether (sulfide) groups is 3. The molecule has 2 aromatic rings. The fraction of sp³-hybridized carbons (Fsp3) is 0.389. The zero-order chi connectivity index (χ0) is 25.2. The Morgan fingerprint density at radius 2 is 2.11 bits per heavy atom. The summed E-state index contributed by atoms with van der Waals surface area (Å²) in [4.78, 5) is 43.1. The minimum atomic E-state index is -1.32. The predicted molar refractivity (Wildman–Crippen MR) is 133 cm³/mol. The lowest BCUT2D eigenvalue weighted by Gasteiger charge is -2.53. The fourth-order valence-corrected chi connectivity index (χ4v) is 8.41. The molecule has 0 aromatic carbocycles. The molecule has 0 aliphatic carbocycles. The minimum Gasteiger partial charge on any atom is -0.480 e. The van der Waals surface area contributed by atoms with Crippen molar-refractivity contribution in [2.45, 2.75) is 24.8 Å². The van der Waals surface area contributed by atoms with E-state index in [1.807, 2.05) is 0 Å². The molecule has 2 aliphatic rings. The molecule has 0 saturated carbocycles. The zero-order valence-electron chi connectivity index (χ0n) is 17.9. The number of carbonyl (C=O) groups excluding carboxylic acids is 2. The molecule has 2 aromatic heterocycles. The number of rotatable bonds is 9. The van der Waals surface area contributed by atoms with Gasteiger partial charge in [0.1, 0.15) is 27.7 Å². The van der Waals surface area contributed by atoms with E-state index >= 15 is 0 Å². The molecule has 0 spiro atoms. The third-order valence-corrected chi connectivity index (χ3v) is 10.3. The van der Waals surface area contributed by atoms with E-state index in [1.54, 1.807) is 6.07 Å². The highest BCUT2D eigenvalue weighted by Gasteiger charge is 2.58. The van der Waals surface area contributed by atoms with E-state index in [0.29, 0.717) is 21.0 Å². The Hall–Kier alpha value is -2.60. The van der Waals surface area contributed by atoms with E-state index in [2.05, 4.69) is 25.7 Å². The van der Waals surface area contributed by atoms with Gasteiger partial charge in [-0.3, -0.25) is 14.4 Å². The van der Waals surface area contributed by atoms with Crippen molar-refractivity contribution >= 4 is 75.9 Å². The zero-order valence-corrected chi connectivity index (χ0v) is 21.1. The number of nitrogen functional groups attached to an aromatic ring is 1. The number of aliphatic carboxylic acids is 1. The van der Waals surface area contributed by atoms with Crippen molar-refractivity contribution in [1.82, 2.24) is 25.4 Å². The second-order valence-electron chi connectivity index (χ2n) is 7.39. The molecule has 3 atom stereocenters. The molecule has 186 valence electrons. The molecule has 2 saturated heterocycles. The number of nitrogens with one attached hydrogen (secondary N) is 1. The molecule has 35 heavy (non-hydrogen) atoms. The third-order valence-electron chi connectivity index (χ3n) is 5.07. The summed E-state index contributed by atoms with van der Waals surface area (Å²) in [7, 11) is 0. The lowest BCUT2D eigenvalue weighted by molar-refractivity contribution is -0.151. The van der Waals surface area contributed by atoms with Gasteiger partial charge in [0, 0.05) is 24.6 Å². The summed E-state index contributed by atoms with van der Waals surface area (Å²) in [5.41, 5.74) is 10.8. The van der Waals surface area contributed by atoms with Gasteiger partial charge in [-0.1, -0.05) is 46.1 Å². The molecule has 1 unspecified atom stereocenters. The molecule has 2 fully saturated rings. The van der Waals surface area contributed by atoms with Crippen molar-refractivity contribution in [1.29, 1.82) is 0 Å². The number of amides is 2. The van der Waals surface area contributed by atoms with Crippen LogP contribution in [0.25, 0.3) is 0 Å². The van der Waals surface area contributed by atoms with E-state index < -0.39 is 33.9 Å². The maximum absolute atomic E-state index is 12.8. The number of carbonyl (C=O) groups is 3. The molecule has 4 rings (SSSR count). The average molecular weight is 557 g/mol. The lowest BCUT2D eigenvalue weighted by atomic mass is 10.0. The maximum atomic E-state index is 12.8. The minimum absolute atomic E-state index is 0.0484. The molecule has 17 heteroatoms. The summed E-state index contributed by atoms with van der Waals surface area (Å²) in [6.45, 7) is 0.429.